The molecule has 2 heterocycles. The van der Waals surface area contributed by atoms with Gasteiger partial charge in [0.05, 0.1) is 19.2 Å². The molecule has 3 fully saturated rings. The van der Waals surface area contributed by atoms with E-state index in [2.05, 4.69) is 4.72 Å². The summed E-state index contributed by atoms with van der Waals surface area (Å²) < 4.78 is 89.1. The molecule has 6 nitrogen and oxygen atoms in total. The Morgan fingerprint density at radius 1 is 1.30 bits per heavy atom. The van der Waals surface area contributed by atoms with Crippen LogP contribution in [0.3, 0.4) is 0 Å². The number of amides is 1. The van der Waals surface area contributed by atoms with Crippen molar-refractivity contribution in [2.24, 2.45) is 0 Å². The third-order valence-electron chi connectivity index (χ3n) is 6.56. The first kappa shape index (κ1) is 19.0. The van der Waals surface area contributed by atoms with Gasteiger partial charge < -0.3 is 10.0 Å². The molecule has 2 bridgehead atoms. The number of hydrogen-bond acceptors (Lipinski definition) is 4. The highest BCUT2D eigenvalue weighted by molar-refractivity contribution is 7.89. The molecular weight excluding hydrogens is 450 g/mol. The van der Waals surface area contributed by atoms with Crippen LogP contribution in [-0.4, -0.2) is 60.0 Å². The monoisotopic (exact) mass is 482 g/mol. The SMILES string of the molecule is [2H]C([2H])([2H])C([2H])(O)C(=O)N1C2CC(F)(C2)[C@H](NS(=O)(=O)CC)[C@@H]1Cc1cccc(-c2ccccc2)c1F. The Hall–Kier alpha value is -2.36. The fourth-order valence-electron chi connectivity index (χ4n) is 4.87. The summed E-state index contributed by atoms with van der Waals surface area (Å²) in [6.45, 7) is -2.09. The first-order valence-electron chi connectivity index (χ1n) is 12.7. The molecule has 2 aromatic carbocycles. The average Bonchev–Trinajstić information content (AvgIpc) is 2.81. The van der Waals surface area contributed by atoms with Crippen molar-refractivity contribution in [2.75, 3.05) is 5.75 Å². The van der Waals surface area contributed by atoms with Gasteiger partial charge in [0, 0.05) is 28.6 Å². The molecule has 0 aromatic heterocycles. The summed E-state index contributed by atoms with van der Waals surface area (Å²) in [6, 6.07) is 9.30. The van der Waals surface area contributed by atoms with E-state index in [9.17, 15) is 18.3 Å². The summed E-state index contributed by atoms with van der Waals surface area (Å²) in [4.78, 5) is 14.2. The van der Waals surface area contributed by atoms with E-state index in [0.29, 0.717) is 5.56 Å². The van der Waals surface area contributed by atoms with Crippen LogP contribution < -0.4 is 4.72 Å². The minimum absolute atomic E-state index is 0.0390. The van der Waals surface area contributed by atoms with Crippen LogP contribution in [-0.2, 0) is 21.2 Å². The molecule has 1 unspecified atom stereocenters. The van der Waals surface area contributed by atoms with Crippen molar-refractivity contribution in [3.05, 3.63) is 59.9 Å². The number of piperidine rings is 2. The van der Waals surface area contributed by atoms with Gasteiger partial charge in [-0.3, -0.25) is 4.79 Å². The molecule has 33 heavy (non-hydrogen) atoms. The lowest BCUT2D eigenvalue weighted by Crippen LogP contribution is -2.77. The van der Waals surface area contributed by atoms with Crippen molar-refractivity contribution in [3.63, 3.8) is 0 Å². The number of sulfonamides is 1. The van der Waals surface area contributed by atoms with E-state index >= 15 is 8.78 Å². The summed E-state index contributed by atoms with van der Waals surface area (Å²) in [6.07, 6.45) is -4.56. The van der Waals surface area contributed by atoms with Crippen molar-refractivity contribution in [1.29, 1.82) is 0 Å². The smallest absolute Gasteiger partial charge is 0.251 e. The number of carbonyl (C=O) groups excluding carboxylic acids is 1. The van der Waals surface area contributed by atoms with Gasteiger partial charge in [-0.05, 0) is 31.3 Å². The fourth-order valence-corrected chi connectivity index (χ4v) is 5.79. The maximum Gasteiger partial charge on any atom is 0.251 e. The number of nitrogens with zero attached hydrogens (tertiary/aromatic N) is 1. The number of fused-ring (bicyclic) bond motifs is 2. The Kier molecular flexibility index (Phi) is 5.05. The normalized spacial score (nSPS) is 30.8. The zero-order valence-electron chi connectivity index (χ0n) is 22.0. The number of aliphatic hydroxyl groups is 1. The van der Waals surface area contributed by atoms with E-state index in [1.165, 1.54) is 13.0 Å². The first-order valence-corrected chi connectivity index (χ1v) is 12.3. The quantitative estimate of drug-likeness (QED) is 0.636. The number of rotatable bonds is 7. The van der Waals surface area contributed by atoms with Crippen LogP contribution >= 0.6 is 0 Å². The number of nitrogens with one attached hydrogen (secondary N) is 1. The minimum atomic E-state index is -4.01. The molecule has 0 radical (unpaired) electrons. The lowest BCUT2D eigenvalue weighted by Gasteiger charge is -2.61. The summed E-state index contributed by atoms with van der Waals surface area (Å²) in [5.41, 5.74) is -1.23. The number of alkyl halides is 1. The van der Waals surface area contributed by atoms with Crippen LogP contribution in [0.15, 0.2) is 48.5 Å². The maximum absolute atomic E-state index is 15.9. The van der Waals surface area contributed by atoms with Crippen LogP contribution in [0, 0.1) is 5.82 Å². The van der Waals surface area contributed by atoms with Crippen molar-refractivity contribution < 1.29 is 32.6 Å². The lowest BCUT2D eigenvalue weighted by atomic mass is 9.64. The Labute approximate surface area is 198 Å². The molecule has 2 saturated heterocycles. The van der Waals surface area contributed by atoms with Gasteiger partial charge >= 0.3 is 0 Å². The highest BCUT2D eigenvalue weighted by Gasteiger charge is 2.63. The molecule has 1 aliphatic carbocycles. The summed E-state index contributed by atoms with van der Waals surface area (Å²) >= 11 is 0. The maximum atomic E-state index is 15.9. The second-order valence-electron chi connectivity index (χ2n) is 8.57. The van der Waals surface area contributed by atoms with E-state index in [4.69, 9.17) is 5.48 Å². The Balaban J connectivity index is 1.80. The van der Waals surface area contributed by atoms with Crippen molar-refractivity contribution in [2.45, 2.75) is 62.9 Å². The van der Waals surface area contributed by atoms with Crippen LogP contribution in [0.1, 0.15) is 37.7 Å². The number of halogens is 2. The molecule has 3 atom stereocenters. The molecule has 0 spiro atoms. The molecule has 1 amide bonds. The van der Waals surface area contributed by atoms with E-state index in [1.54, 1.807) is 42.5 Å². The van der Waals surface area contributed by atoms with Crippen molar-refractivity contribution >= 4 is 15.9 Å². The molecule has 1 saturated carbocycles. The van der Waals surface area contributed by atoms with Gasteiger partial charge in [0.15, 0.2) is 0 Å². The largest absolute Gasteiger partial charge is 0.384 e. The van der Waals surface area contributed by atoms with Gasteiger partial charge in [0.1, 0.15) is 17.6 Å². The number of hydrogen-bond donors (Lipinski definition) is 2. The fraction of sp³-hybridized carbons (Fsp3) is 0.458. The summed E-state index contributed by atoms with van der Waals surface area (Å²) in [5, 5.41) is 10.4. The van der Waals surface area contributed by atoms with Gasteiger partial charge in [0.25, 0.3) is 5.91 Å². The van der Waals surface area contributed by atoms with Crippen LogP contribution in [0.5, 0.6) is 0 Å². The van der Waals surface area contributed by atoms with E-state index in [-0.39, 0.29) is 36.1 Å². The molecule has 2 aromatic rings. The summed E-state index contributed by atoms with van der Waals surface area (Å²) in [5.74, 6) is -2.56. The average molecular weight is 483 g/mol. The minimum Gasteiger partial charge on any atom is -0.384 e. The van der Waals surface area contributed by atoms with Crippen molar-refractivity contribution in [3.8, 4) is 11.1 Å². The number of carbonyl (C=O) groups is 1. The number of benzene rings is 2. The van der Waals surface area contributed by atoms with E-state index in [1.807, 2.05) is 0 Å². The molecule has 3 aliphatic rings. The van der Waals surface area contributed by atoms with Crippen molar-refractivity contribution in [1.82, 2.24) is 9.62 Å². The zero-order valence-corrected chi connectivity index (χ0v) is 18.8. The van der Waals surface area contributed by atoms with E-state index in [0.717, 1.165) is 4.90 Å². The van der Waals surface area contributed by atoms with Crippen LogP contribution in [0.2, 0.25) is 0 Å². The summed E-state index contributed by atoms with van der Waals surface area (Å²) in [7, 11) is -4.01. The third-order valence-corrected chi connectivity index (χ3v) is 7.93. The predicted molar refractivity (Wildman–Crippen MR) is 121 cm³/mol. The predicted octanol–water partition coefficient (Wildman–Crippen LogP) is 2.81. The Bertz CT molecular complexity index is 1290. The van der Waals surface area contributed by atoms with Gasteiger partial charge in [0.2, 0.25) is 10.0 Å². The van der Waals surface area contributed by atoms with Crippen LogP contribution in [0.4, 0.5) is 8.78 Å². The van der Waals surface area contributed by atoms with Gasteiger partial charge in [-0.15, -0.1) is 0 Å². The molecule has 178 valence electrons. The highest BCUT2D eigenvalue weighted by Crippen LogP contribution is 2.50. The zero-order chi connectivity index (χ0) is 27.4. The van der Waals surface area contributed by atoms with Gasteiger partial charge in [-0.2, -0.15) is 0 Å². The van der Waals surface area contributed by atoms with Gasteiger partial charge in [-0.1, -0.05) is 48.5 Å². The van der Waals surface area contributed by atoms with Crippen LogP contribution in [0.25, 0.3) is 11.1 Å². The highest BCUT2D eigenvalue weighted by atomic mass is 32.2. The molecule has 5 rings (SSSR count). The standard InChI is InChI=1S/C24H28F2N2O4S/c1-3-33(31,32)27-22-20(28(23(30)15(2)29)18-13-24(22,26)14-18)12-17-10-7-11-19(21(17)25)16-8-5-4-6-9-16/h4-11,15,18,20,22,27,29H,3,12-14H2,1-2H3/t15?,18?,20-,22+,24?/m0/s1/i2D3,15D. The Morgan fingerprint density at radius 2 is 2.00 bits per heavy atom. The second kappa shape index (κ2) is 8.77. The lowest BCUT2D eigenvalue weighted by molar-refractivity contribution is -0.174. The van der Waals surface area contributed by atoms with E-state index < -0.39 is 58.5 Å². The second-order valence-corrected chi connectivity index (χ2v) is 10.6. The third kappa shape index (κ3) is 4.41. The molecule has 2 aliphatic heterocycles. The molecule has 2 N–H and O–H groups in total. The molecular formula is C24H28F2N2O4S. The molecule has 9 heteroatoms. The first-order chi connectivity index (χ1) is 17.1. The topological polar surface area (TPSA) is 86.7 Å². The Morgan fingerprint density at radius 3 is 2.64 bits per heavy atom. The van der Waals surface area contributed by atoms with Gasteiger partial charge in [-0.25, -0.2) is 21.9 Å².